The smallest absolute Gasteiger partial charge is 0.337 e. The van der Waals surface area contributed by atoms with Gasteiger partial charge in [-0.25, -0.2) is 10.2 Å². The van der Waals surface area contributed by atoms with Crippen molar-refractivity contribution in [2.45, 2.75) is 20.0 Å². The highest BCUT2D eigenvalue weighted by Crippen LogP contribution is 2.22. The van der Waals surface area contributed by atoms with E-state index in [-0.39, 0.29) is 0 Å². The zero-order valence-electron chi connectivity index (χ0n) is 13.6. The molecular weight excluding hydrogens is 365 g/mol. The zero-order valence-corrected chi connectivity index (χ0v) is 15.1. The average Bonchev–Trinajstić information content (AvgIpc) is 2.57. The Bertz CT molecular complexity index is 766. The highest BCUT2D eigenvalue weighted by Gasteiger charge is 2.16. The molecule has 0 aliphatic carbocycles. The fraction of sp³-hybridized carbons (Fsp3) is 0.176. The SMILES string of the molecule is Cc1cc(Cl)ccc1OC(C)C(=O)NNC(=O)Nc1ccc(Cl)cc1. The Morgan fingerprint density at radius 2 is 1.64 bits per heavy atom. The highest BCUT2D eigenvalue weighted by atomic mass is 35.5. The number of carbonyl (C=O) groups excluding carboxylic acids is 2. The maximum atomic E-state index is 12.0. The molecule has 8 heteroatoms. The predicted octanol–water partition coefficient (Wildman–Crippen LogP) is 3.92. The van der Waals surface area contributed by atoms with Crippen LogP contribution in [0.5, 0.6) is 5.75 Å². The number of benzene rings is 2. The van der Waals surface area contributed by atoms with Crippen molar-refractivity contribution in [3.8, 4) is 5.75 Å². The van der Waals surface area contributed by atoms with E-state index in [1.165, 1.54) is 0 Å². The Labute approximate surface area is 155 Å². The molecule has 0 saturated heterocycles. The molecule has 3 amide bonds. The van der Waals surface area contributed by atoms with Gasteiger partial charge in [0.2, 0.25) is 0 Å². The summed E-state index contributed by atoms with van der Waals surface area (Å²) >= 11 is 11.6. The summed E-state index contributed by atoms with van der Waals surface area (Å²) in [5, 5.41) is 3.69. The van der Waals surface area contributed by atoms with Crippen molar-refractivity contribution < 1.29 is 14.3 Å². The van der Waals surface area contributed by atoms with Crippen molar-refractivity contribution in [2.24, 2.45) is 0 Å². The first-order chi connectivity index (χ1) is 11.8. The summed E-state index contributed by atoms with van der Waals surface area (Å²) < 4.78 is 5.57. The van der Waals surface area contributed by atoms with Crippen molar-refractivity contribution in [1.82, 2.24) is 10.9 Å². The first-order valence-electron chi connectivity index (χ1n) is 7.40. The summed E-state index contributed by atoms with van der Waals surface area (Å²) in [6.45, 7) is 3.39. The second-order valence-corrected chi connectivity index (χ2v) is 6.12. The first kappa shape index (κ1) is 18.9. The minimum Gasteiger partial charge on any atom is -0.481 e. The Kier molecular flexibility index (Phi) is 6.50. The van der Waals surface area contributed by atoms with Gasteiger partial charge in [0, 0.05) is 15.7 Å². The number of aryl methyl sites for hydroxylation is 1. The number of hydrogen-bond acceptors (Lipinski definition) is 3. The lowest BCUT2D eigenvalue weighted by molar-refractivity contribution is -0.127. The van der Waals surface area contributed by atoms with E-state index >= 15 is 0 Å². The fourth-order valence-electron chi connectivity index (χ4n) is 1.90. The van der Waals surface area contributed by atoms with Gasteiger partial charge in [-0.15, -0.1) is 0 Å². The van der Waals surface area contributed by atoms with Crippen LogP contribution in [0.25, 0.3) is 0 Å². The third-order valence-corrected chi connectivity index (χ3v) is 3.70. The molecule has 0 fully saturated rings. The van der Waals surface area contributed by atoms with E-state index < -0.39 is 18.0 Å². The summed E-state index contributed by atoms with van der Waals surface area (Å²) in [5.41, 5.74) is 5.88. The Hall–Kier alpha value is -2.44. The van der Waals surface area contributed by atoms with E-state index in [2.05, 4.69) is 16.2 Å². The summed E-state index contributed by atoms with van der Waals surface area (Å²) in [4.78, 5) is 23.8. The third-order valence-electron chi connectivity index (χ3n) is 3.21. The number of halogens is 2. The van der Waals surface area contributed by atoms with Crippen molar-refractivity contribution in [3.63, 3.8) is 0 Å². The van der Waals surface area contributed by atoms with Gasteiger partial charge in [-0.2, -0.15) is 0 Å². The maximum Gasteiger partial charge on any atom is 0.337 e. The van der Waals surface area contributed by atoms with Crippen LogP contribution in [0.1, 0.15) is 12.5 Å². The zero-order chi connectivity index (χ0) is 18.4. The molecule has 2 rings (SSSR count). The predicted molar refractivity (Wildman–Crippen MR) is 98.0 cm³/mol. The molecule has 0 aliphatic rings. The molecule has 132 valence electrons. The summed E-state index contributed by atoms with van der Waals surface area (Å²) in [5.74, 6) is 0.0401. The number of ether oxygens (including phenoxy) is 1. The van der Waals surface area contributed by atoms with Gasteiger partial charge >= 0.3 is 6.03 Å². The van der Waals surface area contributed by atoms with E-state index in [0.717, 1.165) is 5.56 Å². The van der Waals surface area contributed by atoms with Gasteiger partial charge in [-0.05, 0) is 61.9 Å². The normalized spacial score (nSPS) is 11.4. The topological polar surface area (TPSA) is 79.5 Å². The molecule has 1 unspecified atom stereocenters. The molecule has 0 saturated carbocycles. The van der Waals surface area contributed by atoms with Gasteiger partial charge in [-0.1, -0.05) is 23.2 Å². The summed E-state index contributed by atoms with van der Waals surface area (Å²) in [6, 6.07) is 11.1. The minimum absolute atomic E-state index is 0.499. The minimum atomic E-state index is -0.810. The lowest BCUT2D eigenvalue weighted by Gasteiger charge is -2.17. The van der Waals surface area contributed by atoms with Crippen LogP contribution >= 0.6 is 23.2 Å². The molecule has 0 aliphatic heterocycles. The maximum absolute atomic E-state index is 12.0. The number of rotatable bonds is 4. The molecule has 0 radical (unpaired) electrons. The van der Waals surface area contributed by atoms with Crippen molar-refractivity contribution in [3.05, 3.63) is 58.1 Å². The van der Waals surface area contributed by atoms with Crippen LogP contribution in [0, 0.1) is 6.92 Å². The Morgan fingerprint density at radius 3 is 2.28 bits per heavy atom. The summed E-state index contributed by atoms with van der Waals surface area (Å²) in [7, 11) is 0. The van der Waals surface area contributed by atoms with Crippen molar-refractivity contribution in [2.75, 3.05) is 5.32 Å². The number of anilines is 1. The van der Waals surface area contributed by atoms with Gasteiger partial charge in [0.25, 0.3) is 5.91 Å². The van der Waals surface area contributed by atoms with Gasteiger partial charge in [-0.3, -0.25) is 10.2 Å². The van der Waals surface area contributed by atoms with E-state index in [4.69, 9.17) is 27.9 Å². The molecule has 1 atom stereocenters. The summed E-state index contributed by atoms with van der Waals surface area (Å²) in [6.07, 6.45) is -0.810. The quantitative estimate of drug-likeness (QED) is 0.702. The van der Waals surface area contributed by atoms with Gasteiger partial charge < -0.3 is 10.1 Å². The van der Waals surface area contributed by atoms with Crippen LogP contribution in [0.3, 0.4) is 0 Å². The third kappa shape index (κ3) is 5.85. The van der Waals surface area contributed by atoms with Crippen LogP contribution in [-0.4, -0.2) is 18.0 Å². The molecule has 2 aromatic rings. The Balaban J connectivity index is 1.82. The standard InChI is InChI=1S/C17H17Cl2N3O3/c1-10-9-13(19)5-8-15(10)25-11(2)16(23)21-22-17(24)20-14-6-3-12(18)4-7-14/h3-9,11H,1-2H3,(H,21,23)(H2,20,22,24). The van der Waals surface area contributed by atoms with Crippen LogP contribution < -0.4 is 20.9 Å². The number of carbonyl (C=O) groups is 2. The van der Waals surface area contributed by atoms with Crippen LogP contribution in [0.15, 0.2) is 42.5 Å². The van der Waals surface area contributed by atoms with Crippen LogP contribution in [0.2, 0.25) is 10.0 Å². The fourth-order valence-corrected chi connectivity index (χ4v) is 2.26. The number of nitrogens with one attached hydrogen (secondary N) is 3. The molecule has 0 heterocycles. The Morgan fingerprint density at radius 1 is 1.00 bits per heavy atom. The molecule has 0 spiro atoms. The number of urea groups is 1. The number of amides is 3. The number of hydrogen-bond donors (Lipinski definition) is 3. The van der Waals surface area contributed by atoms with E-state index in [1.807, 2.05) is 6.92 Å². The van der Waals surface area contributed by atoms with E-state index in [9.17, 15) is 9.59 Å². The first-order valence-corrected chi connectivity index (χ1v) is 8.16. The largest absolute Gasteiger partial charge is 0.481 e. The molecule has 6 nitrogen and oxygen atoms in total. The van der Waals surface area contributed by atoms with Crippen molar-refractivity contribution in [1.29, 1.82) is 0 Å². The van der Waals surface area contributed by atoms with Crippen LogP contribution in [-0.2, 0) is 4.79 Å². The van der Waals surface area contributed by atoms with Gasteiger partial charge in [0.1, 0.15) is 5.75 Å². The second-order valence-electron chi connectivity index (χ2n) is 5.25. The number of hydrazine groups is 1. The molecule has 2 aromatic carbocycles. The van der Waals surface area contributed by atoms with Gasteiger partial charge in [0.05, 0.1) is 0 Å². The van der Waals surface area contributed by atoms with Gasteiger partial charge in [0.15, 0.2) is 6.10 Å². The second kappa shape index (κ2) is 8.60. The van der Waals surface area contributed by atoms with E-state index in [0.29, 0.717) is 21.5 Å². The monoisotopic (exact) mass is 381 g/mol. The lowest BCUT2D eigenvalue weighted by atomic mass is 10.2. The van der Waals surface area contributed by atoms with E-state index in [1.54, 1.807) is 49.4 Å². The molecule has 3 N–H and O–H groups in total. The average molecular weight is 382 g/mol. The lowest BCUT2D eigenvalue weighted by Crippen LogP contribution is -2.48. The molecule has 25 heavy (non-hydrogen) atoms. The molecular formula is C17H17Cl2N3O3. The molecule has 0 aromatic heterocycles. The molecule has 0 bridgehead atoms. The van der Waals surface area contributed by atoms with Crippen molar-refractivity contribution >= 4 is 40.8 Å². The van der Waals surface area contributed by atoms with Crippen LogP contribution in [0.4, 0.5) is 10.5 Å². The highest BCUT2D eigenvalue weighted by molar-refractivity contribution is 6.31.